The molecule has 1 aromatic carbocycles. The van der Waals surface area contributed by atoms with Crippen molar-refractivity contribution in [2.24, 2.45) is 0 Å². The van der Waals surface area contributed by atoms with E-state index in [9.17, 15) is 4.79 Å². The van der Waals surface area contributed by atoms with Crippen LogP contribution in [0.3, 0.4) is 0 Å². The van der Waals surface area contributed by atoms with Crippen LogP contribution in [0.15, 0.2) is 42.6 Å². The number of nitrogens with zero attached hydrogens (tertiary/aromatic N) is 2. The van der Waals surface area contributed by atoms with Crippen LogP contribution in [0, 0.1) is 6.92 Å². The molecule has 0 radical (unpaired) electrons. The number of ether oxygens (including phenoxy) is 1. The minimum absolute atomic E-state index is 0.303. The van der Waals surface area contributed by atoms with E-state index >= 15 is 0 Å². The van der Waals surface area contributed by atoms with E-state index < -0.39 is 6.09 Å². The van der Waals surface area contributed by atoms with Gasteiger partial charge in [-0.1, -0.05) is 29.8 Å². The molecule has 0 unspecified atom stereocenters. The molecule has 0 bridgehead atoms. The van der Waals surface area contributed by atoms with Crippen LogP contribution in [0.1, 0.15) is 12.5 Å². The molecule has 3 rings (SSSR count). The van der Waals surface area contributed by atoms with Crippen molar-refractivity contribution in [1.29, 1.82) is 0 Å². The molecule has 2 heterocycles. The van der Waals surface area contributed by atoms with Gasteiger partial charge in [-0.15, -0.1) is 0 Å². The molecule has 0 aliphatic heterocycles. The lowest BCUT2D eigenvalue weighted by molar-refractivity contribution is 0.168. The average molecular weight is 330 g/mol. The van der Waals surface area contributed by atoms with E-state index in [1.165, 1.54) is 0 Å². The second-order valence-electron chi connectivity index (χ2n) is 5.10. The van der Waals surface area contributed by atoms with E-state index in [0.29, 0.717) is 23.1 Å². The Morgan fingerprint density at radius 3 is 2.70 bits per heavy atom. The molecule has 1 N–H and O–H groups in total. The summed E-state index contributed by atoms with van der Waals surface area (Å²) in [6.07, 6.45) is 1.41. The van der Waals surface area contributed by atoms with Gasteiger partial charge in [0.2, 0.25) is 0 Å². The number of imidazole rings is 1. The first kappa shape index (κ1) is 15.4. The maximum Gasteiger partial charge on any atom is 0.412 e. The van der Waals surface area contributed by atoms with E-state index in [1.807, 2.05) is 41.8 Å². The van der Waals surface area contributed by atoms with Crippen LogP contribution in [0.25, 0.3) is 16.9 Å². The Morgan fingerprint density at radius 1 is 1.26 bits per heavy atom. The number of carbonyl (C=O) groups excluding carboxylic acids is 1. The number of aromatic nitrogens is 2. The van der Waals surface area contributed by atoms with Crippen LogP contribution in [0.2, 0.25) is 5.02 Å². The van der Waals surface area contributed by atoms with Gasteiger partial charge in [-0.05, 0) is 37.6 Å². The van der Waals surface area contributed by atoms with Crippen LogP contribution in [-0.4, -0.2) is 22.1 Å². The van der Waals surface area contributed by atoms with Gasteiger partial charge in [0, 0.05) is 16.8 Å². The second kappa shape index (κ2) is 6.30. The second-order valence-corrected chi connectivity index (χ2v) is 5.53. The van der Waals surface area contributed by atoms with Gasteiger partial charge in [-0.2, -0.15) is 0 Å². The number of hydrogen-bond donors (Lipinski definition) is 1. The van der Waals surface area contributed by atoms with Crippen molar-refractivity contribution in [2.45, 2.75) is 13.8 Å². The van der Waals surface area contributed by atoms with E-state index in [2.05, 4.69) is 10.3 Å². The van der Waals surface area contributed by atoms with Crippen LogP contribution in [0.5, 0.6) is 0 Å². The summed E-state index contributed by atoms with van der Waals surface area (Å²) < 4.78 is 6.84. The van der Waals surface area contributed by atoms with Gasteiger partial charge >= 0.3 is 6.09 Å². The average Bonchev–Trinajstić information content (AvgIpc) is 2.86. The molecular formula is C17H16ClN3O2. The fourth-order valence-electron chi connectivity index (χ4n) is 2.34. The minimum atomic E-state index is -0.508. The number of halogens is 1. The first-order valence-electron chi connectivity index (χ1n) is 7.27. The molecule has 5 nitrogen and oxygen atoms in total. The van der Waals surface area contributed by atoms with Crippen molar-refractivity contribution in [2.75, 3.05) is 11.9 Å². The number of fused-ring (bicyclic) bond motifs is 1. The molecular weight excluding hydrogens is 314 g/mol. The van der Waals surface area contributed by atoms with Crippen LogP contribution >= 0.6 is 11.6 Å². The Morgan fingerprint density at radius 2 is 2.00 bits per heavy atom. The van der Waals surface area contributed by atoms with Crippen LogP contribution in [0.4, 0.5) is 10.6 Å². The summed E-state index contributed by atoms with van der Waals surface area (Å²) in [5.41, 5.74) is 3.33. The molecule has 1 amide bonds. The molecule has 23 heavy (non-hydrogen) atoms. The lowest BCUT2D eigenvalue weighted by Crippen LogP contribution is -2.15. The van der Waals surface area contributed by atoms with Crippen molar-refractivity contribution in [3.8, 4) is 11.3 Å². The first-order chi connectivity index (χ1) is 11.1. The van der Waals surface area contributed by atoms with Gasteiger partial charge in [0.1, 0.15) is 17.2 Å². The number of hydrogen-bond acceptors (Lipinski definition) is 3. The third-order valence-corrected chi connectivity index (χ3v) is 3.63. The highest BCUT2D eigenvalue weighted by atomic mass is 35.5. The SMILES string of the molecule is CCOC(=O)Nc1c(-c2ccc(Cl)cc2)nc2ccc(C)cn12. The predicted octanol–water partition coefficient (Wildman–Crippen LogP) is 4.53. The molecule has 2 aromatic heterocycles. The van der Waals surface area contributed by atoms with Crippen molar-refractivity contribution >= 4 is 29.2 Å². The molecule has 0 fully saturated rings. The van der Waals surface area contributed by atoms with Gasteiger partial charge in [0.15, 0.2) is 0 Å². The standard InChI is InChI=1S/C17H16ClN3O2/c1-3-23-17(22)20-16-15(12-5-7-13(18)8-6-12)19-14-9-4-11(2)10-21(14)16/h4-10H,3H2,1-2H3,(H,20,22). The zero-order valence-corrected chi connectivity index (χ0v) is 13.6. The third kappa shape index (κ3) is 3.14. The Kier molecular flexibility index (Phi) is 4.21. The molecule has 6 heteroatoms. The van der Waals surface area contributed by atoms with Gasteiger partial charge in [0.05, 0.1) is 6.61 Å². The van der Waals surface area contributed by atoms with Gasteiger partial charge < -0.3 is 4.74 Å². The van der Waals surface area contributed by atoms with Crippen molar-refractivity contribution in [3.63, 3.8) is 0 Å². The summed E-state index contributed by atoms with van der Waals surface area (Å²) in [4.78, 5) is 16.5. The third-order valence-electron chi connectivity index (χ3n) is 3.38. The number of benzene rings is 1. The summed E-state index contributed by atoms with van der Waals surface area (Å²) in [6.45, 7) is 4.05. The highest BCUT2D eigenvalue weighted by Gasteiger charge is 2.17. The van der Waals surface area contributed by atoms with Gasteiger partial charge in [-0.25, -0.2) is 9.78 Å². The summed E-state index contributed by atoms with van der Waals surface area (Å²) >= 11 is 5.95. The molecule has 0 saturated heterocycles. The number of aryl methyl sites for hydroxylation is 1. The quantitative estimate of drug-likeness (QED) is 0.768. The molecule has 3 aromatic rings. The fourth-order valence-corrected chi connectivity index (χ4v) is 2.47. The number of amides is 1. The Bertz CT molecular complexity index is 856. The Hall–Kier alpha value is -2.53. The van der Waals surface area contributed by atoms with Gasteiger partial charge in [-0.3, -0.25) is 9.72 Å². The maximum absolute atomic E-state index is 11.9. The number of pyridine rings is 1. The Labute approximate surface area is 138 Å². The van der Waals surface area contributed by atoms with E-state index in [1.54, 1.807) is 19.1 Å². The fraction of sp³-hybridized carbons (Fsp3) is 0.176. The lowest BCUT2D eigenvalue weighted by atomic mass is 10.1. The zero-order valence-electron chi connectivity index (χ0n) is 12.8. The number of nitrogens with one attached hydrogen (secondary N) is 1. The monoisotopic (exact) mass is 329 g/mol. The summed E-state index contributed by atoms with van der Waals surface area (Å²) in [6, 6.07) is 11.2. The number of carbonyl (C=O) groups is 1. The zero-order chi connectivity index (χ0) is 16.4. The molecule has 0 saturated carbocycles. The summed E-state index contributed by atoms with van der Waals surface area (Å²) in [5, 5.41) is 3.43. The van der Waals surface area contributed by atoms with E-state index in [-0.39, 0.29) is 0 Å². The van der Waals surface area contributed by atoms with E-state index in [4.69, 9.17) is 16.3 Å². The largest absolute Gasteiger partial charge is 0.450 e. The topological polar surface area (TPSA) is 55.6 Å². The predicted molar refractivity (Wildman–Crippen MR) is 91.0 cm³/mol. The number of rotatable bonds is 3. The summed E-state index contributed by atoms with van der Waals surface area (Å²) in [5.74, 6) is 0.574. The highest BCUT2D eigenvalue weighted by molar-refractivity contribution is 6.30. The summed E-state index contributed by atoms with van der Waals surface area (Å²) in [7, 11) is 0. The smallest absolute Gasteiger partial charge is 0.412 e. The molecule has 0 aliphatic carbocycles. The molecule has 0 aliphatic rings. The lowest BCUT2D eigenvalue weighted by Gasteiger charge is -2.08. The minimum Gasteiger partial charge on any atom is -0.450 e. The first-order valence-corrected chi connectivity index (χ1v) is 7.64. The molecule has 0 spiro atoms. The van der Waals surface area contributed by atoms with Gasteiger partial charge in [0.25, 0.3) is 0 Å². The Balaban J connectivity index is 2.15. The normalized spacial score (nSPS) is 10.7. The van der Waals surface area contributed by atoms with Crippen molar-refractivity contribution in [1.82, 2.24) is 9.38 Å². The highest BCUT2D eigenvalue weighted by Crippen LogP contribution is 2.30. The van der Waals surface area contributed by atoms with Crippen molar-refractivity contribution in [3.05, 3.63) is 53.2 Å². The van der Waals surface area contributed by atoms with Crippen molar-refractivity contribution < 1.29 is 9.53 Å². The van der Waals surface area contributed by atoms with Crippen LogP contribution in [-0.2, 0) is 4.74 Å². The van der Waals surface area contributed by atoms with Crippen LogP contribution < -0.4 is 5.32 Å². The number of anilines is 1. The van der Waals surface area contributed by atoms with E-state index in [0.717, 1.165) is 16.8 Å². The maximum atomic E-state index is 11.9. The molecule has 0 atom stereocenters. The molecule has 118 valence electrons.